The maximum absolute atomic E-state index is 13.2. The third-order valence-electron chi connectivity index (χ3n) is 4.40. The summed E-state index contributed by atoms with van der Waals surface area (Å²) in [7, 11) is -9.35. The molecule has 4 rings (SSSR count). The average Bonchev–Trinajstić information content (AvgIpc) is 2.98. The van der Waals surface area contributed by atoms with Gasteiger partial charge in [0.25, 0.3) is 15.9 Å². The molecule has 8 nitrogen and oxygen atoms in total. The Balaban J connectivity index is 1.94. The number of sulfonamides is 1. The number of fused-ring (bicyclic) bond motifs is 3. The molecule has 1 heterocycles. The van der Waals surface area contributed by atoms with Crippen molar-refractivity contribution < 1.29 is 21.4 Å². The van der Waals surface area contributed by atoms with Gasteiger partial charge in [0, 0.05) is 0 Å². The number of anilines is 1. The fourth-order valence-corrected chi connectivity index (χ4v) is 6.38. The minimum atomic E-state index is -4.74. The summed E-state index contributed by atoms with van der Waals surface area (Å²) >= 11 is 3.09. The second kappa shape index (κ2) is 6.80. The zero-order valence-electron chi connectivity index (χ0n) is 14.9. The van der Waals surface area contributed by atoms with Gasteiger partial charge in [-0.2, -0.15) is 16.8 Å². The van der Waals surface area contributed by atoms with E-state index in [-0.39, 0.29) is 18.8 Å². The summed E-state index contributed by atoms with van der Waals surface area (Å²) in [5.41, 5.74) is 0.272. The number of nitrogens with two attached hydrogens (primary N) is 1. The molecule has 0 aliphatic carbocycles. The van der Waals surface area contributed by atoms with Crippen LogP contribution in [0.15, 0.2) is 68.5 Å². The highest BCUT2D eigenvalue weighted by Crippen LogP contribution is 2.35. The van der Waals surface area contributed by atoms with Gasteiger partial charge in [-0.1, -0.05) is 47.6 Å². The average molecular weight is 496 g/mol. The molecule has 0 atom stereocenters. The SMILES string of the molecule is Cc1noc(N(S(N)(=O)=O)S(=O)(=O)c2ccc3c(ccc4ccccc43)c2)c1Br. The molecular weight excluding hydrogens is 482 g/mol. The Kier molecular flexibility index (Phi) is 4.65. The van der Waals surface area contributed by atoms with Crippen LogP contribution in [0.1, 0.15) is 5.69 Å². The van der Waals surface area contributed by atoms with Crippen LogP contribution in [0.5, 0.6) is 0 Å². The van der Waals surface area contributed by atoms with Crippen molar-refractivity contribution >= 4 is 63.6 Å². The lowest BCUT2D eigenvalue weighted by Crippen LogP contribution is -2.41. The molecule has 0 spiro atoms. The predicted octanol–water partition coefficient (Wildman–Crippen LogP) is 3.45. The zero-order chi connectivity index (χ0) is 21.0. The van der Waals surface area contributed by atoms with E-state index in [1.807, 2.05) is 30.3 Å². The Hall–Kier alpha value is -2.47. The molecule has 150 valence electrons. The van der Waals surface area contributed by atoms with Crippen LogP contribution in [-0.4, -0.2) is 22.0 Å². The Morgan fingerprint density at radius 3 is 2.28 bits per heavy atom. The maximum atomic E-state index is 13.2. The highest BCUT2D eigenvalue weighted by Gasteiger charge is 2.38. The highest BCUT2D eigenvalue weighted by molar-refractivity contribution is 9.10. The molecule has 0 aliphatic heterocycles. The number of nitrogens with zero attached hydrogens (tertiary/aromatic N) is 2. The van der Waals surface area contributed by atoms with E-state index in [2.05, 4.69) is 21.1 Å². The van der Waals surface area contributed by atoms with Crippen molar-refractivity contribution in [1.82, 2.24) is 5.16 Å². The Bertz CT molecular complexity index is 1480. The maximum Gasteiger partial charge on any atom is 0.315 e. The molecule has 0 unspecified atom stereocenters. The van der Waals surface area contributed by atoms with Gasteiger partial charge in [-0.3, -0.25) is 0 Å². The lowest BCUT2D eigenvalue weighted by molar-refractivity contribution is 0.424. The predicted molar refractivity (Wildman–Crippen MR) is 113 cm³/mol. The summed E-state index contributed by atoms with van der Waals surface area (Å²) in [6, 6.07) is 15.7. The molecule has 29 heavy (non-hydrogen) atoms. The molecule has 3 aromatic carbocycles. The van der Waals surface area contributed by atoms with Gasteiger partial charge in [-0.05, 0) is 56.5 Å². The van der Waals surface area contributed by atoms with Crippen LogP contribution in [0.2, 0.25) is 0 Å². The lowest BCUT2D eigenvalue weighted by atomic mass is 10.0. The first-order valence-electron chi connectivity index (χ1n) is 8.22. The molecular formula is C18H14BrN3O5S2. The van der Waals surface area contributed by atoms with E-state index in [4.69, 9.17) is 9.66 Å². The number of rotatable bonds is 4. The van der Waals surface area contributed by atoms with Gasteiger partial charge in [-0.15, -0.1) is 3.71 Å². The topological polar surface area (TPSA) is 124 Å². The first-order chi connectivity index (χ1) is 13.6. The van der Waals surface area contributed by atoms with Gasteiger partial charge in [-0.25, -0.2) is 5.14 Å². The van der Waals surface area contributed by atoms with E-state index in [0.29, 0.717) is 5.39 Å². The van der Waals surface area contributed by atoms with E-state index >= 15 is 0 Å². The smallest absolute Gasteiger partial charge is 0.315 e. The van der Waals surface area contributed by atoms with Crippen LogP contribution in [-0.2, 0) is 20.2 Å². The van der Waals surface area contributed by atoms with Crippen LogP contribution >= 0.6 is 15.9 Å². The van der Waals surface area contributed by atoms with Gasteiger partial charge in [0.1, 0.15) is 4.47 Å². The van der Waals surface area contributed by atoms with Crippen molar-refractivity contribution in [1.29, 1.82) is 0 Å². The van der Waals surface area contributed by atoms with Crippen LogP contribution < -0.4 is 8.85 Å². The summed E-state index contributed by atoms with van der Waals surface area (Å²) in [4.78, 5) is -0.254. The van der Waals surface area contributed by atoms with Crippen molar-refractivity contribution in [3.8, 4) is 0 Å². The molecule has 0 saturated heterocycles. The minimum Gasteiger partial charge on any atom is -0.335 e. The fourth-order valence-electron chi connectivity index (χ4n) is 3.07. The molecule has 0 radical (unpaired) electrons. The summed E-state index contributed by atoms with van der Waals surface area (Å²) in [6.45, 7) is 1.52. The number of benzene rings is 3. The number of hydrogen-bond acceptors (Lipinski definition) is 6. The molecule has 4 aromatic rings. The first kappa shape index (κ1) is 19.8. The number of hydrogen-bond donors (Lipinski definition) is 1. The summed E-state index contributed by atoms with van der Waals surface area (Å²) in [5.74, 6) is -0.538. The van der Waals surface area contributed by atoms with Crippen LogP contribution in [0, 0.1) is 6.92 Å². The van der Waals surface area contributed by atoms with Gasteiger partial charge in [0.05, 0.1) is 10.6 Å². The fraction of sp³-hybridized carbons (Fsp3) is 0.0556. The Morgan fingerprint density at radius 1 is 0.966 bits per heavy atom. The van der Waals surface area contributed by atoms with Crippen molar-refractivity contribution in [3.05, 3.63) is 64.8 Å². The molecule has 0 bridgehead atoms. The Labute approximate surface area is 175 Å². The molecule has 0 saturated carbocycles. The van der Waals surface area contributed by atoms with Crippen LogP contribution in [0.3, 0.4) is 0 Å². The quantitative estimate of drug-likeness (QED) is 0.432. The molecule has 2 N–H and O–H groups in total. The normalized spacial score (nSPS) is 12.5. The van der Waals surface area contributed by atoms with Crippen molar-refractivity contribution in [2.75, 3.05) is 3.71 Å². The van der Waals surface area contributed by atoms with Gasteiger partial charge < -0.3 is 4.52 Å². The van der Waals surface area contributed by atoms with Crippen molar-refractivity contribution in [2.24, 2.45) is 5.14 Å². The zero-order valence-corrected chi connectivity index (χ0v) is 18.1. The molecule has 0 aliphatic rings. The largest absolute Gasteiger partial charge is 0.335 e. The molecule has 1 aromatic heterocycles. The lowest BCUT2D eigenvalue weighted by Gasteiger charge is -2.19. The van der Waals surface area contributed by atoms with Gasteiger partial charge >= 0.3 is 10.2 Å². The number of halogens is 1. The first-order valence-corrected chi connectivity index (χ1v) is 12.0. The molecule has 11 heteroatoms. The summed E-state index contributed by atoms with van der Waals surface area (Å²) in [6.07, 6.45) is 0. The number of aryl methyl sites for hydroxylation is 1. The van der Waals surface area contributed by atoms with Crippen molar-refractivity contribution in [3.63, 3.8) is 0 Å². The standard InChI is InChI=1S/C18H14BrN3O5S2/c1-11-17(19)18(27-21-11)22(29(20,25)26)28(23,24)14-8-9-16-13(10-14)7-6-12-4-2-3-5-15(12)16/h2-10H,1H3,(H2,20,25,26). The summed E-state index contributed by atoms with van der Waals surface area (Å²) < 4.78 is 55.8. The second-order valence-electron chi connectivity index (χ2n) is 6.30. The molecule has 0 amide bonds. The van der Waals surface area contributed by atoms with E-state index in [1.54, 1.807) is 12.1 Å². The highest BCUT2D eigenvalue weighted by atomic mass is 79.9. The van der Waals surface area contributed by atoms with E-state index in [9.17, 15) is 16.8 Å². The third kappa shape index (κ3) is 3.29. The van der Waals surface area contributed by atoms with Crippen molar-refractivity contribution in [2.45, 2.75) is 11.8 Å². The Morgan fingerprint density at radius 2 is 1.62 bits per heavy atom. The molecule has 0 fully saturated rings. The minimum absolute atomic E-state index is 0.0340. The van der Waals surface area contributed by atoms with E-state index in [0.717, 1.165) is 16.2 Å². The monoisotopic (exact) mass is 495 g/mol. The van der Waals surface area contributed by atoms with Gasteiger partial charge in [0.2, 0.25) is 0 Å². The van der Waals surface area contributed by atoms with E-state index in [1.165, 1.54) is 19.1 Å². The van der Waals surface area contributed by atoms with Gasteiger partial charge in [0.15, 0.2) is 0 Å². The number of aromatic nitrogens is 1. The third-order valence-corrected chi connectivity index (χ3v) is 8.61. The van der Waals surface area contributed by atoms with E-state index < -0.39 is 26.1 Å². The van der Waals surface area contributed by atoms with Crippen LogP contribution in [0.25, 0.3) is 21.5 Å². The van der Waals surface area contributed by atoms with Crippen LogP contribution in [0.4, 0.5) is 5.88 Å². The summed E-state index contributed by atoms with van der Waals surface area (Å²) in [5, 5.41) is 12.2. The second-order valence-corrected chi connectivity index (χ2v) is 10.5.